The molecule has 0 atom stereocenters. The zero-order valence-electron chi connectivity index (χ0n) is 33.9. The molecule has 2 heteroatoms. The Balaban J connectivity index is 0.932. The Hall–Kier alpha value is -8.20. The third-order valence-corrected chi connectivity index (χ3v) is 12.5. The Morgan fingerprint density at radius 1 is 0.258 bits per heavy atom. The maximum atomic E-state index is 6.45. The van der Waals surface area contributed by atoms with Crippen LogP contribution in [0.15, 0.2) is 241 Å². The largest absolute Gasteiger partial charge is 0.455 e. The van der Waals surface area contributed by atoms with Crippen molar-refractivity contribution >= 4 is 71.3 Å². The van der Waals surface area contributed by atoms with E-state index in [9.17, 15) is 0 Å². The zero-order chi connectivity index (χ0) is 41.0. The highest BCUT2D eigenvalue weighted by molar-refractivity contribution is 6.12. The van der Waals surface area contributed by atoms with E-state index in [2.05, 4.69) is 229 Å². The van der Waals surface area contributed by atoms with Crippen LogP contribution in [-0.4, -0.2) is 0 Å². The number of benzene rings is 11. The summed E-state index contributed by atoms with van der Waals surface area (Å²) < 4.78 is 6.45. The topological polar surface area (TPSA) is 16.4 Å². The number of furan rings is 1. The van der Waals surface area contributed by atoms with E-state index < -0.39 is 0 Å². The van der Waals surface area contributed by atoms with Gasteiger partial charge in [0.05, 0.1) is 0 Å². The molecule has 0 amide bonds. The summed E-state index contributed by atoms with van der Waals surface area (Å²) in [7, 11) is 0. The van der Waals surface area contributed by atoms with E-state index >= 15 is 0 Å². The van der Waals surface area contributed by atoms with Crippen LogP contribution in [-0.2, 0) is 0 Å². The van der Waals surface area contributed by atoms with Crippen LogP contribution in [0, 0.1) is 0 Å². The van der Waals surface area contributed by atoms with Crippen LogP contribution in [0.2, 0.25) is 0 Å². The quantitative estimate of drug-likeness (QED) is 0.150. The number of para-hydroxylation sites is 2. The second-order valence-electron chi connectivity index (χ2n) is 16.1. The highest BCUT2D eigenvalue weighted by Gasteiger charge is 2.17. The molecule has 0 spiro atoms. The molecule has 0 unspecified atom stereocenters. The number of fused-ring (bicyclic) bond motifs is 7. The van der Waals surface area contributed by atoms with Gasteiger partial charge in [-0.2, -0.15) is 0 Å². The van der Waals surface area contributed by atoms with Gasteiger partial charge < -0.3 is 9.32 Å². The molecule has 11 aromatic carbocycles. The molecule has 0 bridgehead atoms. The van der Waals surface area contributed by atoms with Crippen molar-refractivity contribution in [2.24, 2.45) is 0 Å². The van der Waals surface area contributed by atoms with E-state index in [4.69, 9.17) is 4.42 Å². The standard InChI is InChI=1S/C60H39NO/c1-2-12-46-38-47(27-26-40(46)10-1)43-24-22-41(23-25-43)42-28-33-49(34-29-42)61(50-35-30-45(31-36-50)54-18-9-20-58-57-16-5-6-21-59(57)62-60(54)58)51-14-7-13-48(39-51)53-17-8-19-55-52-15-4-3-11-44(52)32-37-56(53)55/h1-39H. The molecule has 1 heterocycles. The van der Waals surface area contributed by atoms with Gasteiger partial charge in [-0.25, -0.2) is 0 Å². The molecule has 0 aliphatic heterocycles. The minimum Gasteiger partial charge on any atom is -0.455 e. The maximum Gasteiger partial charge on any atom is 0.143 e. The lowest BCUT2D eigenvalue weighted by Crippen LogP contribution is -2.10. The molecule has 0 radical (unpaired) electrons. The van der Waals surface area contributed by atoms with Crippen molar-refractivity contribution in [1.29, 1.82) is 0 Å². The fourth-order valence-corrected chi connectivity index (χ4v) is 9.34. The van der Waals surface area contributed by atoms with E-state index in [-0.39, 0.29) is 0 Å². The Morgan fingerprint density at radius 2 is 0.806 bits per heavy atom. The Morgan fingerprint density at radius 3 is 1.58 bits per heavy atom. The van der Waals surface area contributed by atoms with Crippen LogP contribution in [0.1, 0.15) is 0 Å². The van der Waals surface area contributed by atoms with Gasteiger partial charge in [0, 0.05) is 33.4 Å². The number of hydrogen-bond acceptors (Lipinski definition) is 2. The third-order valence-electron chi connectivity index (χ3n) is 12.5. The highest BCUT2D eigenvalue weighted by atomic mass is 16.3. The van der Waals surface area contributed by atoms with Crippen molar-refractivity contribution in [2.75, 3.05) is 4.90 Å². The Labute approximate surface area is 360 Å². The van der Waals surface area contributed by atoms with Gasteiger partial charge in [-0.1, -0.05) is 188 Å². The van der Waals surface area contributed by atoms with Crippen molar-refractivity contribution in [3.05, 3.63) is 237 Å². The lowest BCUT2D eigenvalue weighted by atomic mass is 9.94. The molecule has 0 N–H and O–H groups in total. The first-order valence-electron chi connectivity index (χ1n) is 21.2. The molecule has 62 heavy (non-hydrogen) atoms. The van der Waals surface area contributed by atoms with Gasteiger partial charge in [0.25, 0.3) is 0 Å². The Bertz CT molecular complexity index is 3620. The fraction of sp³-hybridized carbons (Fsp3) is 0. The van der Waals surface area contributed by atoms with Crippen molar-refractivity contribution < 1.29 is 4.42 Å². The molecule has 1 aromatic heterocycles. The van der Waals surface area contributed by atoms with Crippen LogP contribution in [0.5, 0.6) is 0 Å². The van der Waals surface area contributed by atoms with Gasteiger partial charge in [0.15, 0.2) is 0 Å². The van der Waals surface area contributed by atoms with Crippen molar-refractivity contribution in [3.8, 4) is 44.5 Å². The number of nitrogens with zero attached hydrogens (tertiary/aromatic N) is 1. The van der Waals surface area contributed by atoms with E-state index in [1.165, 1.54) is 65.7 Å². The van der Waals surface area contributed by atoms with Crippen LogP contribution < -0.4 is 4.90 Å². The molecular weight excluding hydrogens is 751 g/mol. The van der Waals surface area contributed by atoms with E-state index in [0.29, 0.717) is 0 Å². The summed E-state index contributed by atoms with van der Waals surface area (Å²) in [5.41, 5.74) is 14.4. The summed E-state index contributed by atoms with van der Waals surface area (Å²) in [5.74, 6) is 0. The second-order valence-corrected chi connectivity index (χ2v) is 16.1. The minimum absolute atomic E-state index is 0.904. The van der Waals surface area contributed by atoms with Crippen LogP contribution in [0.25, 0.3) is 98.8 Å². The first-order chi connectivity index (χ1) is 30.7. The average molecular weight is 790 g/mol. The summed E-state index contributed by atoms with van der Waals surface area (Å²) in [6.07, 6.45) is 0. The predicted molar refractivity (Wildman–Crippen MR) is 263 cm³/mol. The molecule has 2 nitrogen and oxygen atoms in total. The summed E-state index contributed by atoms with van der Waals surface area (Å²) in [6.45, 7) is 0. The zero-order valence-corrected chi connectivity index (χ0v) is 33.9. The Kier molecular flexibility index (Phi) is 8.53. The second kappa shape index (κ2) is 14.8. The smallest absolute Gasteiger partial charge is 0.143 e. The molecule has 12 aromatic rings. The molecule has 0 aliphatic rings. The monoisotopic (exact) mass is 789 g/mol. The van der Waals surface area contributed by atoms with Crippen molar-refractivity contribution in [2.45, 2.75) is 0 Å². The minimum atomic E-state index is 0.904. The lowest BCUT2D eigenvalue weighted by Gasteiger charge is -2.26. The molecular formula is C60H39NO. The van der Waals surface area contributed by atoms with Crippen molar-refractivity contribution in [3.63, 3.8) is 0 Å². The molecule has 290 valence electrons. The van der Waals surface area contributed by atoms with E-state index in [1.54, 1.807) is 0 Å². The van der Waals surface area contributed by atoms with Crippen LogP contribution in [0.4, 0.5) is 17.1 Å². The number of rotatable bonds is 7. The molecule has 12 rings (SSSR count). The number of hydrogen-bond donors (Lipinski definition) is 0. The fourth-order valence-electron chi connectivity index (χ4n) is 9.34. The van der Waals surface area contributed by atoms with E-state index in [1.807, 2.05) is 12.1 Å². The SMILES string of the molecule is c1cc(-c2cccc3c2ccc2ccccc23)cc(N(c2ccc(-c3ccc(-c4ccc5ccccc5c4)cc3)cc2)c2ccc(-c3cccc4c3oc3ccccc34)cc2)c1. The van der Waals surface area contributed by atoms with Crippen LogP contribution in [0.3, 0.4) is 0 Å². The van der Waals surface area contributed by atoms with Gasteiger partial charge in [-0.3, -0.25) is 0 Å². The third kappa shape index (κ3) is 6.20. The maximum absolute atomic E-state index is 6.45. The van der Waals surface area contributed by atoms with E-state index in [0.717, 1.165) is 50.1 Å². The lowest BCUT2D eigenvalue weighted by molar-refractivity contribution is 0.670. The summed E-state index contributed by atoms with van der Waals surface area (Å²) in [5, 5.41) is 9.80. The van der Waals surface area contributed by atoms with Crippen LogP contribution >= 0.6 is 0 Å². The van der Waals surface area contributed by atoms with Gasteiger partial charge >= 0.3 is 0 Å². The van der Waals surface area contributed by atoms with Gasteiger partial charge in [-0.15, -0.1) is 0 Å². The first kappa shape index (κ1) is 35.7. The number of anilines is 3. The molecule has 0 saturated heterocycles. The summed E-state index contributed by atoms with van der Waals surface area (Å²) in [4.78, 5) is 2.36. The van der Waals surface area contributed by atoms with Gasteiger partial charge in [0.2, 0.25) is 0 Å². The molecule has 0 aliphatic carbocycles. The summed E-state index contributed by atoms with van der Waals surface area (Å²) >= 11 is 0. The summed E-state index contributed by atoms with van der Waals surface area (Å²) in [6, 6.07) is 85.5. The van der Waals surface area contributed by atoms with Gasteiger partial charge in [-0.05, 0) is 120 Å². The van der Waals surface area contributed by atoms with Crippen molar-refractivity contribution in [1.82, 2.24) is 0 Å². The first-order valence-corrected chi connectivity index (χ1v) is 21.2. The molecule has 0 saturated carbocycles. The molecule has 0 fully saturated rings. The highest BCUT2D eigenvalue weighted by Crippen LogP contribution is 2.42. The predicted octanol–water partition coefficient (Wildman–Crippen LogP) is 17.2. The van der Waals surface area contributed by atoms with Gasteiger partial charge in [0.1, 0.15) is 11.2 Å². The average Bonchev–Trinajstić information content (AvgIpc) is 3.73. The normalized spacial score (nSPS) is 11.5.